The smallest absolute Gasteiger partial charge is 0.444 e. The molecule has 0 saturated carbocycles. The number of halogens is 4. The van der Waals surface area contributed by atoms with Crippen molar-refractivity contribution in [1.82, 2.24) is 5.32 Å². The first-order valence-corrected chi connectivity index (χ1v) is 7.21. The maximum atomic E-state index is 12.0. The molecule has 1 aromatic heterocycles. The third-order valence-electron chi connectivity index (χ3n) is 2.58. The first-order valence-electron chi connectivity index (χ1n) is 6.42. The number of benzene rings is 1. The molecule has 6 nitrogen and oxygen atoms in total. The van der Waals surface area contributed by atoms with Crippen LogP contribution in [0.5, 0.6) is 5.75 Å². The van der Waals surface area contributed by atoms with Gasteiger partial charge in [-0.25, -0.2) is 0 Å². The molecule has 24 heavy (non-hydrogen) atoms. The molecule has 2 amide bonds. The fourth-order valence-corrected chi connectivity index (χ4v) is 1.94. The van der Waals surface area contributed by atoms with Crippen LogP contribution in [0.3, 0.4) is 0 Å². The Labute approximate surface area is 142 Å². The fraction of sp³-hybridized carbons (Fsp3) is 0.143. The maximum absolute atomic E-state index is 12.0. The zero-order chi connectivity index (χ0) is 17.7. The molecule has 2 aromatic rings. The summed E-state index contributed by atoms with van der Waals surface area (Å²) < 4.78 is 45.2. The molecule has 0 aliphatic rings. The van der Waals surface area contributed by atoms with Crippen molar-refractivity contribution in [3.05, 3.63) is 46.8 Å². The van der Waals surface area contributed by atoms with E-state index in [0.717, 1.165) is 12.1 Å². The standard InChI is InChI=1S/C14H10BrF3N2O4/c15-11-6-5-10(23-11)13(22)19-7-12(21)20-8-1-3-9(4-2-8)24-14(16,17)18/h1-6H,7H2,(H,19,22)(H,20,21). The van der Waals surface area contributed by atoms with Crippen molar-refractivity contribution in [3.63, 3.8) is 0 Å². The Morgan fingerprint density at radius 3 is 2.33 bits per heavy atom. The van der Waals surface area contributed by atoms with Crippen LogP contribution in [0.4, 0.5) is 18.9 Å². The van der Waals surface area contributed by atoms with Crippen LogP contribution in [0.1, 0.15) is 10.6 Å². The van der Waals surface area contributed by atoms with Gasteiger partial charge in [0, 0.05) is 5.69 Å². The third-order valence-corrected chi connectivity index (χ3v) is 3.00. The molecule has 2 N–H and O–H groups in total. The van der Waals surface area contributed by atoms with Crippen LogP contribution in [0.15, 0.2) is 45.5 Å². The third kappa shape index (κ3) is 5.61. The highest BCUT2D eigenvalue weighted by Crippen LogP contribution is 2.23. The lowest BCUT2D eigenvalue weighted by molar-refractivity contribution is -0.274. The number of hydrogen-bond donors (Lipinski definition) is 2. The van der Waals surface area contributed by atoms with Crippen molar-refractivity contribution in [2.75, 3.05) is 11.9 Å². The number of furan rings is 1. The Morgan fingerprint density at radius 2 is 1.79 bits per heavy atom. The van der Waals surface area contributed by atoms with E-state index in [9.17, 15) is 22.8 Å². The Hall–Kier alpha value is -2.49. The number of ether oxygens (including phenoxy) is 1. The molecule has 2 rings (SSSR count). The number of alkyl halides is 3. The first kappa shape index (κ1) is 17.9. The number of anilines is 1. The molecule has 1 aromatic carbocycles. The number of carbonyl (C=O) groups excluding carboxylic acids is 2. The monoisotopic (exact) mass is 406 g/mol. The Bertz CT molecular complexity index is 728. The van der Waals surface area contributed by atoms with E-state index in [-0.39, 0.29) is 18.0 Å². The minimum atomic E-state index is -4.78. The average Bonchev–Trinajstić information content (AvgIpc) is 2.92. The maximum Gasteiger partial charge on any atom is 0.573 e. The van der Waals surface area contributed by atoms with E-state index >= 15 is 0 Å². The molecular weight excluding hydrogens is 397 g/mol. The van der Waals surface area contributed by atoms with Crippen molar-refractivity contribution in [3.8, 4) is 5.75 Å². The summed E-state index contributed by atoms with van der Waals surface area (Å²) in [6.45, 7) is -0.335. The molecule has 0 radical (unpaired) electrons. The second-order valence-corrected chi connectivity index (χ2v) is 5.19. The summed E-state index contributed by atoms with van der Waals surface area (Å²) in [6.07, 6.45) is -4.78. The van der Waals surface area contributed by atoms with Gasteiger partial charge in [-0.1, -0.05) is 0 Å². The predicted molar refractivity (Wildman–Crippen MR) is 80.5 cm³/mol. The van der Waals surface area contributed by atoms with Crippen LogP contribution in [0.2, 0.25) is 0 Å². The lowest BCUT2D eigenvalue weighted by Crippen LogP contribution is -2.32. The number of nitrogens with one attached hydrogen (secondary N) is 2. The van der Waals surface area contributed by atoms with E-state index in [1.807, 2.05) is 0 Å². The zero-order valence-electron chi connectivity index (χ0n) is 11.8. The minimum Gasteiger partial charge on any atom is -0.444 e. The second kappa shape index (κ2) is 7.39. The van der Waals surface area contributed by atoms with Crippen LogP contribution in [-0.4, -0.2) is 24.7 Å². The average molecular weight is 407 g/mol. The van der Waals surface area contributed by atoms with Crippen LogP contribution < -0.4 is 15.4 Å². The van der Waals surface area contributed by atoms with Gasteiger partial charge < -0.3 is 19.8 Å². The Balaban J connectivity index is 1.83. The van der Waals surface area contributed by atoms with Crippen molar-refractivity contribution in [1.29, 1.82) is 0 Å². The highest BCUT2D eigenvalue weighted by Gasteiger charge is 2.30. The topological polar surface area (TPSA) is 80.6 Å². The SMILES string of the molecule is O=C(CNC(=O)c1ccc(Br)o1)Nc1ccc(OC(F)(F)F)cc1. The molecule has 1 heterocycles. The van der Waals surface area contributed by atoms with Gasteiger partial charge in [-0.2, -0.15) is 0 Å². The quantitative estimate of drug-likeness (QED) is 0.797. The molecular formula is C14H10BrF3N2O4. The van der Waals surface area contributed by atoms with Crippen LogP contribution in [0.25, 0.3) is 0 Å². The van der Waals surface area contributed by atoms with Gasteiger partial charge in [0.25, 0.3) is 5.91 Å². The van der Waals surface area contributed by atoms with Gasteiger partial charge in [-0.3, -0.25) is 9.59 Å². The summed E-state index contributed by atoms with van der Waals surface area (Å²) in [5.74, 6) is -1.51. The summed E-state index contributed by atoms with van der Waals surface area (Å²) in [5, 5.41) is 4.75. The predicted octanol–water partition coefficient (Wildman–Crippen LogP) is 3.31. The molecule has 0 bridgehead atoms. The van der Waals surface area contributed by atoms with Gasteiger partial charge in [0.1, 0.15) is 5.75 Å². The van der Waals surface area contributed by atoms with Crippen LogP contribution in [-0.2, 0) is 4.79 Å². The number of carbonyl (C=O) groups is 2. The lowest BCUT2D eigenvalue weighted by atomic mass is 10.3. The summed E-state index contributed by atoms with van der Waals surface area (Å²) >= 11 is 3.04. The highest BCUT2D eigenvalue weighted by molar-refractivity contribution is 9.10. The molecule has 0 unspecified atom stereocenters. The largest absolute Gasteiger partial charge is 0.573 e. The zero-order valence-corrected chi connectivity index (χ0v) is 13.4. The molecule has 0 fully saturated rings. The molecule has 0 saturated heterocycles. The van der Waals surface area contributed by atoms with E-state index in [1.165, 1.54) is 24.3 Å². The van der Waals surface area contributed by atoms with Crippen molar-refractivity contribution in [2.45, 2.75) is 6.36 Å². The summed E-state index contributed by atoms with van der Waals surface area (Å²) in [5.41, 5.74) is 0.254. The van der Waals surface area contributed by atoms with Gasteiger partial charge in [0.15, 0.2) is 10.4 Å². The first-order chi connectivity index (χ1) is 11.2. The molecule has 10 heteroatoms. The molecule has 0 spiro atoms. The van der Waals surface area contributed by atoms with Crippen LogP contribution >= 0.6 is 15.9 Å². The summed E-state index contributed by atoms with van der Waals surface area (Å²) in [7, 11) is 0. The summed E-state index contributed by atoms with van der Waals surface area (Å²) in [4.78, 5) is 23.4. The van der Waals surface area contributed by atoms with Crippen molar-refractivity contribution >= 4 is 33.4 Å². The molecule has 0 aliphatic heterocycles. The molecule has 0 aliphatic carbocycles. The van der Waals surface area contributed by atoms with Gasteiger partial charge in [0.05, 0.1) is 6.54 Å². The Kier molecular flexibility index (Phi) is 5.50. The highest BCUT2D eigenvalue weighted by atomic mass is 79.9. The van der Waals surface area contributed by atoms with Gasteiger partial charge in [-0.15, -0.1) is 13.2 Å². The number of rotatable bonds is 5. The summed E-state index contributed by atoms with van der Waals surface area (Å²) in [6, 6.07) is 7.55. The number of hydrogen-bond acceptors (Lipinski definition) is 4. The minimum absolute atomic E-state index is 0.0309. The Morgan fingerprint density at radius 1 is 1.12 bits per heavy atom. The van der Waals surface area contributed by atoms with Crippen molar-refractivity contribution < 1.29 is 31.9 Å². The van der Waals surface area contributed by atoms with Crippen molar-refractivity contribution in [2.24, 2.45) is 0 Å². The van der Waals surface area contributed by atoms with Crippen LogP contribution in [0, 0.1) is 0 Å². The molecule has 128 valence electrons. The van der Waals surface area contributed by atoms with E-state index in [2.05, 4.69) is 31.3 Å². The molecule has 0 atom stereocenters. The normalized spacial score (nSPS) is 11.0. The van der Waals surface area contributed by atoms with Gasteiger partial charge >= 0.3 is 6.36 Å². The van der Waals surface area contributed by atoms with E-state index in [0.29, 0.717) is 4.67 Å². The van der Waals surface area contributed by atoms with Gasteiger partial charge in [0.2, 0.25) is 5.91 Å². The number of amides is 2. The van der Waals surface area contributed by atoms with Gasteiger partial charge in [-0.05, 0) is 52.3 Å². The lowest BCUT2D eigenvalue weighted by Gasteiger charge is -2.10. The second-order valence-electron chi connectivity index (χ2n) is 4.41. The van der Waals surface area contributed by atoms with E-state index in [4.69, 9.17) is 4.42 Å². The van der Waals surface area contributed by atoms with E-state index in [1.54, 1.807) is 0 Å². The van der Waals surface area contributed by atoms with E-state index < -0.39 is 23.9 Å². The fourth-order valence-electron chi connectivity index (χ4n) is 1.63.